The lowest BCUT2D eigenvalue weighted by Crippen LogP contribution is -2.37. The molecular formula is C16H24FN7O. The first-order chi connectivity index (χ1) is 12.0. The smallest absolute Gasteiger partial charge is 0.225 e. The third-order valence-electron chi connectivity index (χ3n) is 4.10. The summed E-state index contributed by atoms with van der Waals surface area (Å²) < 4.78 is 21.2. The van der Waals surface area contributed by atoms with Crippen LogP contribution in [0.3, 0.4) is 0 Å². The average molecular weight is 349 g/mol. The van der Waals surface area contributed by atoms with Gasteiger partial charge < -0.3 is 15.0 Å². The predicted molar refractivity (Wildman–Crippen MR) is 91.8 cm³/mol. The van der Waals surface area contributed by atoms with Gasteiger partial charge in [0, 0.05) is 20.1 Å². The molecule has 0 bridgehead atoms. The maximum atomic E-state index is 14.2. The molecule has 0 aliphatic carbocycles. The summed E-state index contributed by atoms with van der Waals surface area (Å²) in [7, 11) is 1.85. The lowest BCUT2D eigenvalue weighted by atomic mass is 10.0. The number of rotatable bonds is 6. The summed E-state index contributed by atoms with van der Waals surface area (Å²) in [4.78, 5) is 14.7. The van der Waals surface area contributed by atoms with Crippen LogP contribution in [0.15, 0.2) is 12.5 Å². The highest BCUT2D eigenvalue weighted by Crippen LogP contribution is 2.25. The van der Waals surface area contributed by atoms with Crippen molar-refractivity contribution in [3.63, 3.8) is 0 Å². The third kappa shape index (κ3) is 4.22. The molecule has 1 N–H and O–H groups in total. The van der Waals surface area contributed by atoms with Crippen LogP contribution in [0.1, 0.15) is 32.1 Å². The summed E-state index contributed by atoms with van der Waals surface area (Å²) in [5, 5.41) is 7.42. The molecule has 2 aromatic rings. The number of aryl methyl sites for hydroxylation is 1. The van der Waals surface area contributed by atoms with Crippen LogP contribution in [-0.4, -0.2) is 51.0 Å². The monoisotopic (exact) mass is 349 g/mol. The van der Waals surface area contributed by atoms with Crippen LogP contribution in [0.2, 0.25) is 0 Å². The number of nitrogens with zero attached hydrogens (tertiary/aromatic N) is 6. The number of ether oxygens (including phenoxy) is 1. The second-order valence-corrected chi connectivity index (χ2v) is 6.53. The van der Waals surface area contributed by atoms with Gasteiger partial charge in [0.25, 0.3) is 0 Å². The van der Waals surface area contributed by atoms with E-state index in [0.29, 0.717) is 44.0 Å². The number of aromatic nitrogens is 5. The zero-order chi connectivity index (χ0) is 17.8. The van der Waals surface area contributed by atoms with Gasteiger partial charge in [0.15, 0.2) is 11.6 Å². The van der Waals surface area contributed by atoms with Crippen molar-refractivity contribution < 1.29 is 9.13 Å². The van der Waals surface area contributed by atoms with Gasteiger partial charge in [0.2, 0.25) is 5.95 Å². The van der Waals surface area contributed by atoms with Gasteiger partial charge in [0.05, 0.1) is 25.5 Å². The molecular weight excluding hydrogens is 325 g/mol. The van der Waals surface area contributed by atoms with Crippen molar-refractivity contribution in [3.05, 3.63) is 24.2 Å². The van der Waals surface area contributed by atoms with Gasteiger partial charge in [-0.3, -0.25) is 4.68 Å². The first-order valence-corrected chi connectivity index (χ1v) is 8.50. The number of morpholine rings is 1. The van der Waals surface area contributed by atoms with E-state index in [1.807, 2.05) is 11.9 Å². The molecule has 0 aromatic carbocycles. The van der Waals surface area contributed by atoms with Crippen molar-refractivity contribution in [2.75, 3.05) is 36.5 Å². The van der Waals surface area contributed by atoms with Gasteiger partial charge >= 0.3 is 0 Å². The largest absolute Gasteiger partial charge is 0.378 e. The summed E-state index contributed by atoms with van der Waals surface area (Å²) in [6.07, 6.45) is 3.57. The molecule has 1 fully saturated rings. The number of hydrogen-bond acceptors (Lipinski definition) is 7. The van der Waals surface area contributed by atoms with Crippen LogP contribution in [0.5, 0.6) is 0 Å². The Hall–Kier alpha value is -2.29. The topological polar surface area (TPSA) is 81.0 Å². The van der Waals surface area contributed by atoms with E-state index in [-0.39, 0.29) is 6.04 Å². The van der Waals surface area contributed by atoms with E-state index in [2.05, 4.69) is 39.2 Å². The molecule has 1 aliphatic rings. The molecule has 136 valence electrons. The maximum Gasteiger partial charge on any atom is 0.225 e. The zero-order valence-electron chi connectivity index (χ0n) is 14.8. The van der Waals surface area contributed by atoms with E-state index in [9.17, 15) is 4.39 Å². The van der Waals surface area contributed by atoms with Crippen LogP contribution in [-0.2, 0) is 11.8 Å². The molecule has 1 saturated heterocycles. The summed E-state index contributed by atoms with van der Waals surface area (Å²) in [6.45, 7) is 6.64. The third-order valence-corrected chi connectivity index (χ3v) is 4.10. The molecule has 0 spiro atoms. The molecule has 1 unspecified atom stereocenters. The molecule has 1 aliphatic heterocycles. The van der Waals surface area contributed by atoms with Crippen molar-refractivity contribution in [3.8, 4) is 0 Å². The average Bonchev–Trinajstić information content (AvgIpc) is 3.02. The van der Waals surface area contributed by atoms with Crippen molar-refractivity contribution in [2.45, 2.75) is 26.3 Å². The lowest BCUT2D eigenvalue weighted by molar-refractivity contribution is 0.122. The van der Waals surface area contributed by atoms with Gasteiger partial charge in [-0.2, -0.15) is 10.1 Å². The van der Waals surface area contributed by atoms with Crippen LogP contribution >= 0.6 is 0 Å². The molecule has 3 heterocycles. The predicted octanol–water partition coefficient (Wildman–Crippen LogP) is 1.78. The Balaban J connectivity index is 1.83. The van der Waals surface area contributed by atoms with E-state index in [4.69, 9.17) is 4.74 Å². The molecule has 9 heteroatoms. The molecule has 2 aromatic heterocycles. The van der Waals surface area contributed by atoms with Gasteiger partial charge in [-0.1, -0.05) is 13.8 Å². The van der Waals surface area contributed by atoms with Crippen LogP contribution in [0.4, 0.5) is 16.2 Å². The molecule has 8 nitrogen and oxygen atoms in total. The van der Waals surface area contributed by atoms with E-state index in [1.54, 1.807) is 4.68 Å². The summed E-state index contributed by atoms with van der Waals surface area (Å²) in [6, 6.07) is -0.101. The summed E-state index contributed by atoms with van der Waals surface area (Å²) in [5.41, 5.74) is 0. The molecule has 0 amide bonds. The van der Waals surface area contributed by atoms with Gasteiger partial charge in [-0.15, -0.1) is 0 Å². The number of anilines is 2. The minimum Gasteiger partial charge on any atom is -0.378 e. The van der Waals surface area contributed by atoms with E-state index < -0.39 is 5.82 Å². The summed E-state index contributed by atoms with van der Waals surface area (Å²) in [5.74, 6) is 1.51. The van der Waals surface area contributed by atoms with Crippen LogP contribution in [0.25, 0.3) is 0 Å². The number of nitrogens with one attached hydrogen (secondary N) is 1. The highest BCUT2D eigenvalue weighted by atomic mass is 19.1. The standard InChI is InChI=1S/C16H24FN7O/c1-11(2)8-13(15-19-10-20-23(15)3)21-16-18-9-12(17)14(22-16)24-4-6-25-7-5-24/h9-11,13H,4-8H2,1-3H3,(H,18,21,22). The molecule has 0 saturated carbocycles. The molecule has 25 heavy (non-hydrogen) atoms. The van der Waals surface area contributed by atoms with Gasteiger partial charge in [-0.25, -0.2) is 14.4 Å². The van der Waals surface area contributed by atoms with Crippen LogP contribution in [0, 0.1) is 11.7 Å². The highest BCUT2D eigenvalue weighted by molar-refractivity contribution is 5.44. The SMILES string of the molecule is CC(C)CC(Nc1ncc(F)c(N2CCOCC2)n1)c1ncnn1C. The summed E-state index contributed by atoms with van der Waals surface area (Å²) >= 11 is 0. The second kappa shape index (κ2) is 7.73. The normalized spacial score (nSPS) is 16.3. The Kier molecular flexibility index (Phi) is 5.42. The fourth-order valence-electron chi connectivity index (χ4n) is 2.90. The second-order valence-electron chi connectivity index (χ2n) is 6.53. The fourth-order valence-corrected chi connectivity index (χ4v) is 2.90. The van der Waals surface area contributed by atoms with Crippen molar-refractivity contribution in [1.82, 2.24) is 24.7 Å². The minimum absolute atomic E-state index is 0.101. The first kappa shape index (κ1) is 17.5. The van der Waals surface area contributed by atoms with Crippen molar-refractivity contribution in [1.29, 1.82) is 0 Å². The molecule has 3 rings (SSSR count). The first-order valence-electron chi connectivity index (χ1n) is 8.50. The molecule has 1 atom stereocenters. The Morgan fingerprint density at radius 1 is 1.28 bits per heavy atom. The quantitative estimate of drug-likeness (QED) is 0.851. The lowest BCUT2D eigenvalue weighted by Gasteiger charge is -2.28. The molecule has 0 radical (unpaired) electrons. The Bertz CT molecular complexity index is 700. The fraction of sp³-hybridized carbons (Fsp3) is 0.625. The Labute approximate surface area is 146 Å². The zero-order valence-corrected chi connectivity index (χ0v) is 14.8. The van der Waals surface area contributed by atoms with Gasteiger partial charge in [-0.05, 0) is 12.3 Å². The van der Waals surface area contributed by atoms with Crippen molar-refractivity contribution >= 4 is 11.8 Å². The minimum atomic E-state index is -0.425. The maximum absolute atomic E-state index is 14.2. The van der Waals surface area contributed by atoms with E-state index in [0.717, 1.165) is 12.2 Å². The number of halogens is 1. The van der Waals surface area contributed by atoms with Crippen LogP contribution < -0.4 is 10.2 Å². The van der Waals surface area contributed by atoms with Gasteiger partial charge in [0.1, 0.15) is 12.2 Å². The Morgan fingerprint density at radius 2 is 2.04 bits per heavy atom. The Morgan fingerprint density at radius 3 is 2.68 bits per heavy atom. The van der Waals surface area contributed by atoms with E-state index >= 15 is 0 Å². The number of hydrogen-bond donors (Lipinski definition) is 1. The van der Waals surface area contributed by atoms with E-state index in [1.165, 1.54) is 12.5 Å². The van der Waals surface area contributed by atoms with Crippen molar-refractivity contribution in [2.24, 2.45) is 13.0 Å². The highest BCUT2D eigenvalue weighted by Gasteiger charge is 2.22.